The highest BCUT2D eigenvalue weighted by atomic mass is 32.2. The van der Waals surface area contributed by atoms with Crippen LogP contribution >= 0.6 is 11.3 Å². The number of hydrogen-bond donors (Lipinski definition) is 1. The maximum atomic E-state index is 12.3. The summed E-state index contributed by atoms with van der Waals surface area (Å²) < 4.78 is 25.1. The fourth-order valence-corrected chi connectivity index (χ4v) is 4.39. The third-order valence-corrected chi connectivity index (χ3v) is 5.76. The van der Waals surface area contributed by atoms with Gasteiger partial charge in [0.05, 0.1) is 11.9 Å². The Morgan fingerprint density at radius 3 is 2.87 bits per heavy atom. The Kier molecular flexibility index (Phi) is 4.41. The van der Waals surface area contributed by atoms with Gasteiger partial charge in [-0.2, -0.15) is 11.3 Å². The number of thiophene rings is 1. The van der Waals surface area contributed by atoms with Crippen molar-refractivity contribution < 1.29 is 13.2 Å². The lowest BCUT2D eigenvalue weighted by molar-refractivity contribution is 0.0951. The van der Waals surface area contributed by atoms with Crippen LogP contribution < -0.4 is 9.62 Å². The number of anilines is 1. The molecular weight excluding hydrogens is 332 g/mol. The second kappa shape index (κ2) is 6.33. The molecule has 1 aromatic carbocycles. The molecule has 3 rings (SSSR count). The normalized spacial score (nSPS) is 14.4. The third kappa shape index (κ3) is 3.56. The molecule has 1 N–H and O–H groups in total. The zero-order valence-electron chi connectivity index (χ0n) is 12.8. The zero-order valence-corrected chi connectivity index (χ0v) is 14.4. The van der Waals surface area contributed by atoms with Gasteiger partial charge >= 0.3 is 0 Å². The molecule has 0 bridgehead atoms. The Balaban J connectivity index is 1.79. The Bertz CT molecular complexity index is 814. The number of amides is 1. The highest BCUT2D eigenvalue weighted by Crippen LogP contribution is 2.29. The number of rotatable bonds is 4. The van der Waals surface area contributed by atoms with E-state index in [0.29, 0.717) is 24.3 Å². The molecule has 7 heteroatoms. The third-order valence-electron chi connectivity index (χ3n) is 3.85. The number of sulfonamides is 1. The smallest absolute Gasteiger partial charge is 0.251 e. The quantitative estimate of drug-likeness (QED) is 0.921. The van der Waals surface area contributed by atoms with Gasteiger partial charge < -0.3 is 5.32 Å². The molecule has 1 aliphatic rings. The summed E-state index contributed by atoms with van der Waals surface area (Å²) in [7, 11) is -3.28. The van der Waals surface area contributed by atoms with Crippen molar-refractivity contribution in [3.05, 3.63) is 51.7 Å². The predicted octanol–water partition coefficient (Wildman–Crippen LogP) is 2.39. The van der Waals surface area contributed by atoms with Crippen molar-refractivity contribution in [2.24, 2.45) is 0 Å². The summed E-state index contributed by atoms with van der Waals surface area (Å²) in [5, 5.41) is 6.86. The molecule has 0 atom stereocenters. The van der Waals surface area contributed by atoms with Gasteiger partial charge in [0.15, 0.2) is 0 Å². The lowest BCUT2D eigenvalue weighted by Crippen LogP contribution is -2.34. The van der Waals surface area contributed by atoms with Crippen molar-refractivity contribution in [3.8, 4) is 0 Å². The molecule has 1 aromatic heterocycles. The van der Waals surface area contributed by atoms with Crippen LogP contribution in [0.1, 0.15) is 27.9 Å². The Labute approximate surface area is 140 Å². The van der Waals surface area contributed by atoms with E-state index in [-0.39, 0.29) is 5.91 Å². The van der Waals surface area contributed by atoms with Gasteiger partial charge in [-0.05, 0) is 59.0 Å². The van der Waals surface area contributed by atoms with Crippen molar-refractivity contribution in [3.63, 3.8) is 0 Å². The molecule has 2 heterocycles. The number of carbonyl (C=O) groups excluding carboxylic acids is 1. The van der Waals surface area contributed by atoms with E-state index in [2.05, 4.69) is 5.32 Å². The summed E-state index contributed by atoms with van der Waals surface area (Å²) in [5.74, 6) is -0.143. The predicted molar refractivity (Wildman–Crippen MR) is 92.4 cm³/mol. The minimum absolute atomic E-state index is 0.143. The number of nitrogens with one attached hydrogen (secondary N) is 1. The Morgan fingerprint density at radius 2 is 2.17 bits per heavy atom. The molecule has 0 fully saturated rings. The van der Waals surface area contributed by atoms with E-state index in [4.69, 9.17) is 0 Å². The van der Waals surface area contributed by atoms with Crippen molar-refractivity contribution >= 4 is 33.0 Å². The molecule has 0 aliphatic carbocycles. The van der Waals surface area contributed by atoms with Crippen LogP contribution in [0.2, 0.25) is 0 Å². The van der Waals surface area contributed by atoms with Crippen LogP contribution in [-0.4, -0.2) is 27.1 Å². The fourth-order valence-electron chi connectivity index (χ4n) is 2.73. The Morgan fingerprint density at radius 1 is 1.35 bits per heavy atom. The minimum atomic E-state index is -3.28. The van der Waals surface area contributed by atoms with Crippen molar-refractivity contribution in [2.75, 3.05) is 17.1 Å². The van der Waals surface area contributed by atoms with E-state index < -0.39 is 10.0 Å². The maximum Gasteiger partial charge on any atom is 0.251 e. The van der Waals surface area contributed by atoms with Gasteiger partial charge in [-0.1, -0.05) is 0 Å². The van der Waals surface area contributed by atoms with E-state index in [1.54, 1.807) is 29.5 Å². The number of benzene rings is 1. The second-order valence-electron chi connectivity index (χ2n) is 5.60. The van der Waals surface area contributed by atoms with Gasteiger partial charge in [0.1, 0.15) is 0 Å². The molecule has 0 radical (unpaired) electrons. The SMILES string of the molecule is CS(=O)(=O)N1CCCc2cc(C(=O)NCc3ccsc3)ccc21. The monoisotopic (exact) mass is 350 g/mol. The first-order valence-corrected chi connectivity index (χ1v) is 10.1. The zero-order chi connectivity index (χ0) is 16.4. The van der Waals surface area contributed by atoms with Crippen LogP contribution in [0, 0.1) is 0 Å². The molecule has 1 amide bonds. The topological polar surface area (TPSA) is 66.5 Å². The van der Waals surface area contributed by atoms with E-state index in [0.717, 1.165) is 24.0 Å². The van der Waals surface area contributed by atoms with Gasteiger partial charge in [-0.15, -0.1) is 0 Å². The first-order chi connectivity index (χ1) is 10.9. The molecular formula is C16H18N2O3S2. The Hall–Kier alpha value is -1.86. The first-order valence-electron chi connectivity index (χ1n) is 7.35. The van der Waals surface area contributed by atoms with Gasteiger partial charge in [-0.3, -0.25) is 9.10 Å². The summed E-state index contributed by atoms with van der Waals surface area (Å²) in [6.07, 6.45) is 2.76. The maximum absolute atomic E-state index is 12.3. The number of aryl methyl sites for hydroxylation is 1. The minimum Gasteiger partial charge on any atom is -0.348 e. The van der Waals surface area contributed by atoms with Crippen LogP contribution in [0.5, 0.6) is 0 Å². The highest BCUT2D eigenvalue weighted by molar-refractivity contribution is 7.92. The molecule has 0 saturated heterocycles. The van der Waals surface area contributed by atoms with E-state index in [9.17, 15) is 13.2 Å². The number of carbonyl (C=O) groups is 1. The summed E-state index contributed by atoms with van der Waals surface area (Å²) in [6.45, 7) is 0.990. The van der Waals surface area contributed by atoms with E-state index in [1.807, 2.05) is 16.8 Å². The highest BCUT2D eigenvalue weighted by Gasteiger charge is 2.24. The average Bonchev–Trinajstić information content (AvgIpc) is 3.04. The van der Waals surface area contributed by atoms with Gasteiger partial charge in [0.2, 0.25) is 10.0 Å². The lowest BCUT2D eigenvalue weighted by Gasteiger charge is -2.29. The fraction of sp³-hybridized carbons (Fsp3) is 0.312. The molecule has 5 nitrogen and oxygen atoms in total. The molecule has 0 saturated carbocycles. The average molecular weight is 350 g/mol. The molecule has 0 unspecified atom stereocenters. The van der Waals surface area contributed by atoms with Gasteiger partial charge in [0, 0.05) is 18.7 Å². The van der Waals surface area contributed by atoms with Crippen molar-refractivity contribution in [1.82, 2.24) is 5.32 Å². The van der Waals surface area contributed by atoms with Crippen molar-refractivity contribution in [2.45, 2.75) is 19.4 Å². The van der Waals surface area contributed by atoms with Crippen molar-refractivity contribution in [1.29, 1.82) is 0 Å². The number of nitrogens with zero attached hydrogens (tertiary/aromatic N) is 1. The molecule has 122 valence electrons. The van der Waals surface area contributed by atoms with Crippen LogP contribution in [-0.2, 0) is 23.0 Å². The van der Waals surface area contributed by atoms with Crippen LogP contribution in [0.25, 0.3) is 0 Å². The second-order valence-corrected chi connectivity index (χ2v) is 8.28. The lowest BCUT2D eigenvalue weighted by atomic mass is 10.0. The number of fused-ring (bicyclic) bond motifs is 1. The molecule has 2 aromatic rings. The van der Waals surface area contributed by atoms with Crippen LogP contribution in [0.15, 0.2) is 35.0 Å². The largest absolute Gasteiger partial charge is 0.348 e. The standard InChI is InChI=1S/C16H18N2O3S2/c1-23(20,21)18-7-2-3-13-9-14(4-5-15(13)18)16(19)17-10-12-6-8-22-11-12/h4-6,8-9,11H,2-3,7,10H2,1H3,(H,17,19). The molecule has 23 heavy (non-hydrogen) atoms. The molecule has 0 spiro atoms. The van der Waals surface area contributed by atoms with Crippen LogP contribution in [0.4, 0.5) is 5.69 Å². The van der Waals surface area contributed by atoms with Crippen LogP contribution in [0.3, 0.4) is 0 Å². The van der Waals surface area contributed by atoms with Gasteiger partial charge in [0.25, 0.3) is 5.91 Å². The van der Waals surface area contributed by atoms with Gasteiger partial charge in [-0.25, -0.2) is 8.42 Å². The summed E-state index contributed by atoms with van der Waals surface area (Å²) >= 11 is 1.59. The van der Waals surface area contributed by atoms with E-state index >= 15 is 0 Å². The summed E-state index contributed by atoms with van der Waals surface area (Å²) in [5.41, 5.74) is 3.23. The molecule has 1 aliphatic heterocycles. The summed E-state index contributed by atoms with van der Waals surface area (Å²) in [4.78, 5) is 12.3. The first kappa shape index (κ1) is 16.0. The summed E-state index contributed by atoms with van der Waals surface area (Å²) in [6, 6.07) is 7.19. The van der Waals surface area contributed by atoms with E-state index in [1.165, 1.54) is 10.6 Å². The number of hydrogen-bond acceptors (Lipinski definition) is 4.